The SMILES string of the molecule is Cc1nc2c(F)cc(-c3cc(Nc4cnc(CN5CCN(C)C(C)C5)cn4)ncn3)cc2n1C(C)C. The summed E-state index contributed by atoms with van der Waals surface area (Å²) in [6, 6.07) is 5.87. The number of hydrogen-bond donors (Lipinski definition) is 1. The van der Waals surface area contributed by atoms with Crippen molar-refractivity contribution in [2.75, 3.05) is 32.0 Å². The summed E-state index contributed by atoms with van der Waals surface area (Å²) in [4.78, 5) is 27.0. The van der Waals surface area contributed by atoms with Gasteiger partial charge in [-0.25, -0.2) is 24.3 Å². The van der Waals surface area contributed by atoms with E-state index in [0.717, 1.165) is 43.2 Å². The fourth-order valence-electron chi connectivity index (χ4n) is 4.78. The van der Waals surface area contributed by atoms with Crippen molar-refractivity contribution in [2.24, 2.45) is 0 Å². The highest BCUT2D eigenvalue weighted by Crippen LogP contribution is 2.29. The van der Waals surface area contributed by atoms with Crippen LogP contribution in [0.2, 0.25) is 0 Å². The molecule has 1 aliphatic heterocycles. The Kier molecular flexibility index (Phi) is 6.63. The summed E-state index contributed by atoms with van der Waals surface area (Å²) in [5.74, 6) is 1.56. The fraction of sp³-hybridized carbons (Fsp3) is 0.423. The number of imidazole rings is 1. The van der Waals surface area contributed by atoms with Crippen molar-refractivity contribution in [2.45, 2.75) is 46.3 Å². The molecule has 1 saturated heterocycles. The molecular formula is C26H32FN9. The number of fused-ring (bicyclic) bond motifs is 1. The van der Waals surface area contributed by atoms with Crippen LogP contribution >= 0.6 is 0 Å². The lowest BCUT2D eigenvalue weighted by atomic mass is 10.1. The smallest absolute Gasteiger partial charge is 0.151 e. The second-order valence-corrected chi connectivity index (χ2v) is 9.82. The predicted molar refractivity (Wildman–Crippen MR) is 139 cm³/mol. The van der Waals surface area contributed by atoms with Gasteiger partial charge in [0.15, 0.2) is 5.82 Å². The quantitative estimate of drug-likeness (QED) is 0.431. The molecule has 4 heterocycles. The van der Waals surface area contributed by atoms with E-state index in [2.05, 4.69) is 67.9 Å². The first-order chi connectivity index (χ1) is 17.3. The van der Waals surface area contributed by atoms with Crippen LogP contribution < -0.4 is 5.32 Å². The molecule has 1 aliphatic rings. The zero-order chi connectivity index (χ0) is 25.4. The van der Waals surface area contributed by atoms with E-state index >= 15 is 0 Å². The molecule has 0 spiro atoms. The van der Waals surface area contributed by atoms with Crippen LogP contribution in [0, 0.1) is 12.7 Å². The van der Waals surface area contributed by atoms with Gasteiger partial charge < -0.3 is 14.8 Å². The third-order valence-electron chi connectivity index (χ3n) is 6.80. The van der Waals surface area contributed by atoms with Gasteiger partial charge in [-0.15, -0.1) is 0 Å². The van der Waals surface area contributed by atoms with Gasteiger partial charge in [-0.05, 0) is 46.9 Å². The minimum Gasteiger partial charge on any atom is -0.326 e. The number of aryl methyl sites for hydroxylation is 1. The molecular weight excluding hydrogens is 457 g/mol. The molecule has 1 N–H and O–H groups in total. The Balaban J connectivity index is 1.33. The summed E-state index contributed by atoms with van der Waals surface area (Å²) >= 11 is 0. The highest BCUT2D eigenvalue weighted by molar-refractivity contribution is 5.83. The van der Waals surface area contributed by atoms with E-state index in [-0.39, 0.29) is 11.9 Å². The summed E-state index contributed by atoms with van der Waals surface area (Å²) in [6.07, 6.45) is 4.97. The van der Waals surface area contributed by atoms with Gasteiger partial charge in [-0.3, -0.25) is 9.88 Å². The summed E-state index contributed by atoms with van der Waals surface area (Å²) in [7, 11) is 2.16. The topological polar surface area (TPSA) is 87.9 Å². The van der Waals surface area contributed by atoms with Crippen LogP contribution in [-0.2, 0) is 6.54 Å². The molecule has 4 aromatic rings. The minimum absolute atomic E-state index is 0.161. The van der Waals surface area contributed by atoms with Gasteiger partial charge in [0.1, 0.15) is 29.3 Å². The Labute approximate surface area is 210 Å². The Morgan fingerprint density at radius 2 is 1.89 bits per heavy atom. The van der Waals surface area contributed by atoms with Crippen LogP contribution in [0.3, 0.4) is 0 Å². The van der Waals surface area contributed by atoms with Crippen LogP contribution in [0.4, 0.5) is 16.0 Å². The van der Waals surface area contributed by atoms with E-state index in [1.165, 1.54) is 12.4 Å². The van der Waals surface area contributed by atoms with E-state index in [0.29, 0.717) is 34.5 Å². The van der Waals surface area contributed by atoms with Gasteiger partial charge >= 0.3 is 0 Å². The number of anilines is 2. The van der Waals surface area contributed by atoms with Crippen LogP contribution in [0.15, 0.2) is 36.9 Å². The van der Waals surface area contributed by atoms with Gasteiger partial charge in [0.25, 0.3) is 0 Å². The van der Waals surface area contributed by atoms with Gasteiger partial charge in [0.05, 0.1) is 29.3 Å². The van der Waals surface area contributed by atoms with E-state index in [1.54, 1.807) is 18.5 Å². The summed E-state index contributed by atoms with van der Waals surface area (Å²) in [6.45, 7) is 12.1. The molecule has 0 saturated carbocycles. The lowest BCUT2D eigenvalue weighted by Crippen LogP contribution is -2.49. The molecule has 1 aromatic carbocycles. The fourth-order valence-corrected chi connectivity index (χ4v) is 4.78. The molecule has 3 aromatic heterocycles. The number of benzene rings is 1. The second kappa shape index (κ2) is 9.87. The third kappa shape index (κ3) is 4.91. The van der Waals surface area contributed by atoms with Crippen LogP contribution in [-0.4, -0.2) is 72.0 Å². The lowest BCUT2D eigenvalue weighted by molar-refractivity contribution is 0.0990. The van der Waals surface area contributed by atoms with Gasteiger partial charge in [-0.1, -0.05) is 0 Å². The van der Waals surface area contributed by atoms with Crippen molar-refractivity contribution in [3.63, 3.8) is 0 Å². The molecule has 10 heteroatoms. The first kappa shape index (κ1) is 24.2. The number of hydrogen-bond acceptors (Lipinski definition) is 8. The highest BCUT2D eigenvalue weighted by Gasteiger charge is 2.21. The zero-order valence-electron chi connectivity index (χ0n) is 21.4. The maximum absolute atomic E-state index is 14.9. The Bertz CT molecular complexity index is 1370. The van der Waals surface area contributed by atoms with Crippen LogP contribution in [0.1, 0.15) is 38.3 Å². The zero-order valence-corrected chi connectivity index (χ0v) is 21.4. The monoisotopic (exact) mass is 489 g/mol. The summed E-state index contributed by atoms with van der Waals surface area (Å²) in [5, 5.41) is 3.19. The lowest BCUT2D eigenvalue weighted by Gasteiger charge is -2.37. The van der Waals surface area contributed by atoms with E-state index in [4.69, 9.17) is 0 Å². The number of rotatable bonds is 6. The molecule has 0 radical (unpaired) electrons. The van der Waals surface area contributed by atoms with Crippen molar-refractivity contribution in [1.29, 1.82) is 0 Å². The number of nitrogens with zero attached hydrogens (tertiary/aromatic N) is 8. The number of nitrogens with one attached hydrogen (secondary N) is 1. The minimum atomic E-state index is -0.366. The first-order valence-corrected chi connectivity index (χ1v) is 12.3. The van der Waals surface area contributed by atoms with Crippen molar-refractivity contribution >= 4 is 22.7 Å². The average Bonchev–Trinajstić information content (AvgIpc) is 3.19. The number of aromatic nitrogens is 6. The molecule has 188 valence electrons. The Morgan fingerprint density at radius 3 is 2.61 bits per heavy atom. The van der Waals surface area contributed by atoms with Crippen molar-refractivity contribution < 1.29 is 4.39 Å². The van der Waals surface area contributed by atoms with Gasteiger partial charge in [0.2, 0.25) is 0 Å². The first-order valence-electron chi connectivity index (χ1n) is 12.3. The number of piperazine rings is 1. The third-order valence-corrected chi connectivity index (χ3v) is 6.80. The largest absolute Gasteiger partial charge is 0.326 e. The predicted octanol–water partition coefficient (Wildman–Crippen LogP) is 4.19. The Morgan fingerprint density at radius 1 is 1.06 bits per heavy atom. The molecule has 0 aliphatic carbocycles. The molecule has 5 rings (SSSR count). The molecule has 9 nitrogen and oxygen atoms in total. The van der Waals surface area contributed by atoms with Gasteiger partial charge in [-0.2, -0.15) is 0 Å². The molecule has 36 heavy (non-hydrogen) atoms. The maximum atomic E-state index is 14.9. The van der Waals surface area contributed by atoms with Crippen molar-refractivity contribution in [3.8, 4) is 11.3 Å². The summed E-state index contributed by atoms with van der Waals surface area (Å²) < 4.78 is 17.0. The van der Waals surface area contributed by atoms with Crippen molar-refractivity contribution in [3.05, 3.63) is 54.3 Å². The van der Waals surface area contributed by atoms with E-state index in [9.17, 15) is 4.39 Å². The second-order valence-electron chi connectivity index (χ2n) is 9.82. The highest BCUT2D eigenvalue weighted by atomic mass is 19.1. The normalized spacial score (nSPS) is 17.2. The van der Waals surface area contributed by atoms with Crippen molar-refractivity contribution in [1.82, 2.24) is 39.3 Å². The molecule has 1 fully saturated rings. The van der Waals surface area contributed by atoms with E-state index < -0.39 is 0 Å². The van der Waals surface area contributed by atoms with Crippen LogP contribution in [0.25, 0.3) is 22.3 Å². The van der Waals surface area contributed by atoms with Gasteiger partial charge in [0, 0.05) is 49.9 Å². The molecule has 0 bridgehead atoms. The average molecular weight is 490 g/mol. The molecule has 1 unspecified atom stereocenters. The maximum Gasteiger partial charge on any atom is 0.151 e. The summed E-state index contributed by atoms with van der Waals surface area (Å²) in [5.41, 5.74) is 3.33. The van der Waals surface area contributed by atoms with E-state index in [1.807, 2.05) is 17.6 Å². The van der Waals surface area contributed by atoms with Crippen LogP contribution in [0.5, 0.6) is 0 Å². The molecule has 1 atom stereocenters. The number of halogens is 1. The molecule has 0 amide bonds. The number of likely N-dealkylation sites (N-methyl/N-ethyl adjacent to an activating group) is 1. The Hall–Kier alpha value is -3.50. The standard InChI is InChI=1S/C26H32FN9/c1-16(2)36-18(4)32-26-21(27)8-19(9-23(26)36)22-10-24(31-15-30-22)33-25-12-28-20(11-29-25)14-35-7-6-34(5)17(3)13-35/h8-12,15-17H,6-7,13-14H2,1-5H3,(H,29,30,31,33).